The van der Waals surface area contributed by atoms with Gasteiger partial charge < -0.3 is 9.88 Å². The Labute approximate surface area is 136 Å². The second kappa shape index (κ2) is 5.92. The summed E-state index contributed by atoms with van der Waals surface area (Å²) >= 11 is 0. The van der Waals surface area contributed by atoms with Crippen LogP contribution in [0.1, 0.15) is 50.7 Å². The van der Waals surface area contributed by atoms with E-state index in [0.29, 0.717) is 11.4 Å². The number of aryl methyl sites for hydroxylation is 2. The summed E-state index contributed by atoms with van der Waals surface area (Å²) < 4.78 is 3.61. The van der Waals surface area contributed by atoms with Crippen molar-refractivity contribution in [1.82, 2.24) is 14.3 Å². The van der Waals surface area contributed by atoms with Crippen molar-refractivity contribution in [3.05, 3.63) is 35.3 Å². The third-order valence-electron chi connectivity index (χ3n) is 3.71. The standard InChI is InChI=1S/C17H23N5O/c1-11-7-12(2)22(20-11)13(3)16(23)19-15-8-14(9-18)10-21(15)17(4,5)6/h7-8,10,13H,1-6H3,(H,19,23)/t13-/m1/s1. The van der Waals surface area contributed by atoms with Crippen molar-refractivity contribution in [3.63, 3.8) is 0 Å². The number of nitrogens with zero attached hydrogens (tertiary/aromatic N) is 4. The zero-order valence-electron chi connectivity index (χ0n) is 14.5. The second-order valence-corrected chi connectivity index (χ2v) is 6.80. The van der Waals surface area contributed by atoms with Gasteiger partial charge in [-0.1, -0.05) is 0 Å². The molecule has 1 amide bonds. The number of nitriles is 1. The fraction of sp³-hybridized carbons (Fsp3) is 0.471. The van der Waals surface area contributed by atoms with E-state index in [-0.39, 0.29) is 11.4 Å². The summed E-state index contributed by atoms with van der Waals surface area (Å²) in [6.45, 7) is 11.7. The van der Waals surface area contributed by atoms with Crippen LogP contribution in [0.4, 0.5) is 5.82 Å². The Morgan fingerprint density at radius 1 is 1.35 bits per heavy atom. The fourth-order valence-electron chi connectivity index (χ4n) is 2.56. The topological polar surface area (TPSA) is 75.6 Å². The average Bonchev–Trinajstić information content (AvgIpc) is 3.00. The highest BCUT2D eigenvalue weighted by Gasteiger charge is 2.23. The van der Waals surface area contributed by atoms with Crippen molar-refractivity contribution >= 4 is 11.7 Å². The molecule has 2 rings (SSSR count). The molecule has 0 fully saturated rings. The minimum absolute atomic E-state index is 0.163. The molecule has 6 heteroatoms. The predicted octanol–water partition coefficient (Wildman–Crippen LogP) is 3.13. The van der Waals surface area contributed by atoms with Crippen molar-refractivity contribution in [3.8, 4) is 6.07 Å². The molecule has 1 N–H and O–H groups in total. The van der Waals surface area contributed by atoms with Crippen LogP contribution >= 0.6 is 0 Å². The van der Waals surface area contributed by atoms with E-state index in [2.05, 4.69) is 16.5 Å². The first-order valence-corrected chi connectivity index (χ1v) is 7.60. The van der Waals surface area contributed by atoms with Crippen LogP contribution in [0.25, 0.3) is 0 Å². The minimum Gasteiger partial charge on any atom is -0.328 e. The summed E-state index contributed by atoms with van der Waals surface area (Å²) in [5.41, 5.74) is 2.11. The lowest BCUT2D eigenvalue weighted by Crippen LogP contribution is -2.29. The number of aromatic nitrogens is 3. The van der Waals surface area contributed by atoms with Crippen LogP contribution in [0.5, 0.6) is 0 Å². The van der Waals surface area contributed by atoms with Gasteiger partial charge in [-0.2, -0.15) is 10.4 Å². The van der Waals surface area contributed by atoms with E-state index in [0.717, 1.165) is 11.4 Å². The molecular weight excluding hydrogens is 290 g/mol. The highest BCUT2D eigenvalue weighted by molar-refractivity contribution is 5.93. The monoisotopic (exact) mass is 313 g/mol. The maximum atomic E-state index is 12.6. The molecule has 0 aliphatic carbocycles. The maximum Gasteiger partial charge on any atom is 0.250 e. The molecule has 0 bridgehead atoms. The molecule has 0 spiro atoms. The molecule has 2 heterocycles. The van der Waals surface area contributed by atoms with E-state index in [9.17, 15) is 4.79 Å². The van der Waals surface area contributed by atoms with E-state index >= 15 is 0 Å². The van der Waals surface area contributed by atoms with E-state index in [4.69, 9.17) is 5.26 Å². The van der Waals surface area contributed by atoms with E-state index < -0.39 is 6.04 Å². The number of amides is 1. The second-order valence-electron chi connectivity index (χ2n) is 6.80. The van der Waals surface area contributed by atoms with Gasteiger partial charge in [0.15, 0.2) is 0 Å². The third kappa shape index (κ3) is 3.45. The smallest absolute Gasteiger partial charge is 0.250 e. The van der Waals surface area contributed by atoms with E-state index in [1.54, 1.807) is 16.9 Å². The summed E-state index contributed by atoms with van der Waals surface area (Å²) in [6, 6.07) is 5.32. The van der Waals surface area contributed by atoms with Crippen LogP contribution in [-0.2, 0) is 10.3 Å². The van der Waals surface area contributed by atoms with E-state index in [1.807, 2.05) is 52.2 Å². The van der Waals surface area contributed by atoms with Crippen molar-refractivity contribution in [2.24, 2.45) is 0 Å². The molecule has 122 valence electrons. The SMILES string of the molecule is Cc1cc(C)n([C@H](C)C(=O)Nc2cc(C#N)cn2C(C)(C)C)n1. The molecule has 23 heavy (non-hydrogen) atoms. The molecule has 0 saturated heterocycles. The zero-order valence-corrected chi connectivity index (χ0v) is 14.5. The number of nitrogens with one attached hydrogen (secondary N) is 1. The molecule has 0 aromatic carbocycles. The van der Waals surface area contributed by atoms with Gasteiger partial charge in [-0.05, 0) is 53.7 Å². The molecule has 1 atom stereocenters. The van der Waals surface area contributed by atoms with Crippen molar-refractivity contribution in [1.29, 1.82) is 5.26 Å². The number of rotatable bonds is 3. The van der Waals surface area contributed by atoms with Gasteiger partial charge in [-0.15, -0.1) is 0 Å². The minimum atomic E-state index is -0.433. The van der Waals surface area contributed by atoms with Crippen LogP contribution in [0, 0.1) is 25.2 Å². The van der Waals surface area contributed by atoms with Crippen LogP contribution < -0.4 is 5.32 Å². The number of carbonyl (C=O) groups is 1. The Hall–Kier alpha value is -2.55. The quantitative estimate of drug-likeness (QED) is 0.946. The summed E-state index contributed by atoms with van der Waals surface area (Å²) in [7, 11) is 0. The molecule has 0 unspecified atom stereocenters. The van der Waals surface area contributed by atoms with Crippen molar-refractivity contribution in [2.45, 2.75) is 53.1 Å². The fourth-order valence-corrected chi connectivity index (χ4v) is 2.56. The summed E-state index contributed by atoms with van der Waals surface area (Å²) in [5.74, 6) is 0.455. The number of hydrogen-bond acceptors (Lipinski definition) is 3. The molecule has 0 aliphatic heterocycles. The molecule has 0 aliphatic rings. The van der Waals surface area contributed by atoms with Crippen molar-refractivity contribution in [2.75, 3.05) is 5.32 Å². The Bertz CT molecular complexity index is 770. The Morgan fingerprint density at radius 3 is 2.48 bits per heavy atom. The first-order valence-electron chi connectivity index (χ1n) is 7.60. The number of anilines is 1. The molecular formula is C17H23N5O. The molecule has 6 nitrogen and oxygen atoms in total. The lowest BCUT2D eigenvalue weighted by Gasteiger charge is -2.25. The lowest BCUT2D eigenvalue weighted by atomic mass is 10.1. The van der Waals surface area contributed by atoms with Crippen LogP contribution in [0.2, 0.25) is 0 Å². The highest BCUT2D eigenvalue weighted by atomic mass is 16.2. The van der Waals surface area contributed by atoms with E-state index in [1.165, 1.54) is 0 Å². The van der Waals surface area contributed by atoms with Gasteiger partial charge >= 0.3 is 0 Å². The van der Waals surface area contributed by atoms with Crippen LogP contribution in [0.15, 0.2) is 18.3 Å². The Balaban J connectivity index is 2.29. The first kappa shape index (κ1) is 16.8. The van der Waals surface area contributed by atoms with Gasteiger partial charge in [0.05, 0.1) is 11.3 Å². The zero-order chi connectivity index (χ0) is 17.4. The average molecular weight is 313 g/mol. The first-order chi connectivity index (χ1) is 10.6. The van der Waals surface area contributed by atoms with Crippen LogP contribution in [0.3, 0.4) is 0 Å². The Kier molecular flexibility index (Phi) is 4.33. The predicted molar refractivity (Wildman–Crippen MR) is 89.2 cm³/mol. The number of hydrogen-bond donors (Lipinski definition) is 1. The molecule has 2 aromatic rings. The Morgan fingerprint density at radius 2 is 2.00 bits per heavy atom. The summed E-state index contributed by atoms with van der Waals surface area (Å²) in [4.78, 5) is 12.6. The van der Waals surface area contributed by atoms with Gasteiger partial charge in [0, 0.05) is 17.4 Å². The third-order valence-corrected chi connectivity index (χ3v) is 3.71. The molecule has 2 aromatic heterocycles. The van der Waals surface area contributed by atoms with Gasteiger partial charge in [0.25, 0.3) is 0 Å². The van der Waals surface area contributed by atoms with Crippen LogP contribution in [-0.4, -0.2) is 20.3 Å². The van der Waals surface area contributed by atoms with Crippen molar-refractivity contribution < 1.29 is 4.79 Å². The van der Waals surface area contributed by atoms with Gasteiger partial charge in [-0.3, -0.25) is 9.48 Å². The van der Waals surface area contributed by atoms with Gasteiger partial charge in [0.2, 0.25) is 5.91 Å². The van der Waals surface area contributed by atoms with Gasteiger partial charge in [-0.25, -0.2) is 0 Å². The number of carbonyl (C=O) groups excluding carboxylic acids is 1. The molecule has 0 radical (unpaired) electrons. The largest absolute Gasteiger partial charge is 0.328 e. The van der Waals surface area contributed by atoms with Gasteiger partial charge in [0.1, 0.15) is 17.9 Å². The normalized spacial score (nSPS) is 12.7. The molecule has 0 saturated carbocycles. The summed E-state index contributed by atoms with van der Waals surface area (Å²) in [6.07, 6.45) is 1.75. The maximum absolute atomic E-state index is 12.6. The highest BCUT2D eigenvalue weighted by Crippen LogP contribution is 2.25. The lowest BCUT2D eigenvalue weighted by molar-refractivity contribution is -0.119. The summed E-state index contributed by atoms with van der Waals surface area (Å²) in [5, 5.41) is 16.4.